The van der Waals surface area contributed by atoms with E-state index in [0.717, 1.165) is 0 Å². The van der Waals surface area contributed by atoms with Crippen molar-refractivity contribution in [1.29, 1.82) is 0 Å². The minimum Gasteiger partial charge on any atom is -0.339 e. The molecule has 2 aromatic rings. The van der Waals surface area contributed by atoms with E-state index in [1.54, 1.807) is 23.1 Å². The molecule has 104 valence electrons. The van der Waals surface area contributed by atoms with Gasteiger partial charge in [0.15, 0.2) is 5.78 Å². The molecule has 0 saturated heterocycles. The lowest BCUT2D eigenvalue weighted by molar-refractivity contribution is 0.101. The van der Waals surface area contributed by atoms with Gasteiger partial charge in [0.2, 0.25) is 0 Å². The van der Waals surface area contributed by atoms with Crippen molar-refractivity contribution in [1.82, 2.24) is 0 Å². The number of ketones is 1. The number of carbonyl (C=O) groups is 1. The molecule has 0 atom stereocenters. The first-order valence-corrected chi connectivity index (χ1v) is 6.37. The van der Waals surface area contributed by atoms with Crippen LogP contribution in [0.3, 0.4) is 0 Å². The summed E-state index contributed by atoms with van der Waals surface area (Å²) in [5, 5.41) is 0. The SMILES string of the molecule is CCN(c1ccccc1F)c1ccc(F)cc1C(C)=O. The van der Waals surface area contributed by atoms with Crippen molar-refractivity contribution in [3.8, 4) is 0 Å². The molecule has 0 saturated carbocycles. The van der Waals surface area contributed by atoms with Gasteiger partial charge in [-0.05, 0) is 44.2 Å². The minimum atomic E-state index is -0.483. The molecule has 2 nitrogen and oxygen atoms in total. The summed E-state index contributed by atoms with van der Waals surface area (Å²) in [5.74, 6) is -1.12. The normalized spacial score (nSPS) is 10.4. The monoisotopic (exact) mass is 275 g/mol. The number of carbonyl (C=O) groups excluding carboxylic acids is 1. The number of halogens is 2. The standard InChI is InChI=1S/C16H15F2NO/c1-3-19(16-7-5-4-6-14(16)18)15-9-8-12(17)10-13(15)11(2)20/h4-10H,3H2,1-2H3. The number of anilines is 2. The fourth-order valence-electron chi connectivity index (χ4n) is 2.17. The lowest BCUT2D eigenvalue weighted by Crippen LogP contribution is -2.20. The van der Waals surface area contributed by atoms with Crippen molar-refractivity contribution in [2.75, 3.05) is 11.4 Å². The van der Waals surface area contributed by atoms with Crippen LogP contribution in [-0.2, 0) is 0 Å². The van der Waals surface area contributed by atoms with Crippen molar-refractivity contribution in [3.05, 3.63) is 59.7 Å². The molecule has 4 heteroatoms. The maximum atomic E-state index is 13.9. The van der Waals surface area contributed by atoms with Crippen LogP contribution in [0.2, 0.25) is 0 Å². The molecule has 0 N–H and O–H groups in total. The van der Waals surface area contributed by atoms with Crippen molar-refractivity contribution in [3.63, 3.8) is 0 Å². The van der Waals surface area contributed by atoms with Gasteiger partial charge >= 0.3 is 0 Å². The predicted molar refractivity (Wildman–Crippen MR) is 75.5 cm³/mol. The van der Waals surface area contributed by atoms with Crippen LogP contribution in [0.25, 0.3) is 0 Å². The van der Waals surface area contributed by atoms with E-state index in [0.29, 0.717) is 17.9 Å². The number of para-hydroxylation sites is 1. The Bertz CT molecular complexity index is 640. The zero-order valence-corrected chi connectivity index (χ0v) is 11.4. The summed E-state index contributed by atoms with van der Waals surface area (Å²) < 4.78 is 27.2. The van der Waals surface area contributed by atoms with E-state index in [2.05, 4.69) is 0 Å². The fraction of sp³-hybridized carbons (Fsp3) is 0.188. The van der Waals surface area contributed by atoms with Crippen LogP contribution >= 0.6 is 0 Å². The highest BCUT2D eigenvalue weighted by molar-refractivity contribution is 6.00. The fourth-order valence-corrected chi connectivity index (χ4v) is 2.17. The van der Waals surface area contributed by atoms with E-state index < -0.39 is 5.82 Å². The smallest absolute Gasteiger partial charge is 0.162 e. The maximum absolute atomic E-state index is 13.9. The molecule has 20 heavy (non-hydrogen) atoms. The van der Waals surface area contributed by atoms with Crippen molar-refractivity contribution in [2.24, 2.45) is 0 Å². The molecule has 0 aliphatic rings. The lowest BCUT2D eigenvalue weighted by Gasteiger charge is -2.25. The average Bonchev–Trinajstić information content (AvgIpc) is 2.42. The van der Waals surface area contributed by atoms with Gasteiger partial charge in [-0.15, -0.1) is 0 Å². The molecule has 0 heterocycles. The van der Waals surface area contributed by atoms with Crippen LogP contribution in [0.15, 0.2) is 42.5 Å². The van der Waals surface area contributed by atoms with Gasteiger partial charge in [0.1, 0.15) is 11.6 Å². The molecular weight excluding hydrogens is 260 g/mol. The Morgan fingerprint density at radius 3 is 2.40 bits per heavy atom. The first-order chi connectivity index (χ1) is 9.54. The van der Waals surface area contributed by atoms with Crippen LogP contribution in [0.5, 0.6) is 0 Å². The molecule has 0 radical (unpaired) electrons. The molecule has 0 fully saturated rings. The molecule has 2 rings (SSSR count). The first kappa shape index (κ1) is 14.2. The molecular formula is C16H15F2NO. The molecule has 0 aromatic heterocycles. The molecule has 0 unspecified atom stereocenters. The minimum absolute atomic E-state index is 0.245. The zero-order valence-electron chi connectivity index (χ0n) is 11.4. The van der Waals surface area contributed by atoms with E-state index >= 15 is 0 Å². The summed E-state index contributed by atoms with van der Waals surface area (Å²) in [5.41, 5.74) is 1.12. The van der Waals surface area contributed by atoms with Crippen LogP contribution in [0.1, 0.15) is 24.2 Å². The second-order valence-corrected chi connectivity index (χ2v) is 4.41. The predicted octanol–water partition coefficient (Wildman–Crippen LogP) is 4.33. The van der Waals surface area contributed by atoms with Crippen LogP contribution < -0.4 is 4.90 Å². The Labute approximate surface area is 116 Å². The number of hydrogen-bond donors (Lipinski definition) is 0. The molecule has 0 aliphatic heterocycles. The Hall–Kier alpha value is -2.23. The highest BCUT2D eigenvalue weighted by Gasteiger charge is 2.17. The third-order valence-corrected chi connectivity index (χ3v) is 3.09. The molecule has 0 bridgehead atoms. The van der Waals surface area contributed by atoms with Gasteiger partial charge in [0, 0.05) is 12.1 Å². The van der Waals surface area contributed by atoms with Gasteiger partial charge < -0.3 is 4.90 Å². The number of benzene rings is 2. The number of rotatable bonds is 4. The highest BCUT2D eigenvalue weighted by atomic mass is 19.1. The molecule has 0 aliphatic carbocycles. The van der Waals surface area contributed by atoms with Gasteiger partial charge in [-0.25, -0.2) is 8.78 Å². The average molecular weight is 275 g/mol. The van der Waals surface area contributed by atoms with Crippen LogP contribution in [-0.4, -0.2) is 12.3 Å². The number of hydrogen-bond acceptors (Lipinski definition) is 2. The van der Waals surface area contributed by atoms with E-state index in [4.69, 9.17) is 0 Å². The Kier molecular flexibility index (Phi) is 4.13. The summed E-state index contributed by atoms with van der Waals surface area (Å²) in [6, 6.07) is 10.3. The first-order valence-electron chi connectivity index (χ1n) is 6.37. The quantitative estimate of drug-likeness (QED) is 0.774. The van der Waals surface area contributed by atoms with E-state index in [9.17, 15) is 13.6 Å². The Morgan fingerprint density at radius 1 is 1.10 bits per heavy atom. The summed E-state index contributed by atoms with van der Waals surface area (Å²) in [6.45, 7) is 3.68. The molecule has 0 amide bonds. The number of nitrogens with zero attached hydrogens (tertiary/aromatic N) is 1. The van der Waals surface area contributed by atoms with Gasteiger partial charge in [-0.3, -0.25) is 4.79 Å². The lowest BCUT2D eigenvalue weighted by atomic mass is 10.1. The largest absolute Gasteiger partial charge is 0.339 e. The highest BCUT2D eigenvalue weighted by Crippen LogP contribution is 2.31. The van der Waals surface area contributed by atoms with E-state index in [1.165, 1.54) is 31.2 Å². The second kappa shape index (κ2) is 5.82. The van der Waals surface area contributed by atoms with Gasteiger partial charge in [-0.1, -0.05) is 12.1 Å². The van der Waals surface area contributed by atoms with Gasteiger partial charge in [-0.2, -0.15) is 0 Å². The maximum Gasteiger partial charge on any atom is 0.162 e. The summed E-state index contributed by atoms with van der Waals surface area (Å²) in [4.78, 5) is 13.3. The van der Waals surface area contributed by atoms with Gasteiger partial charge in [0.05, 0.1) is 11.4 Å². The summed E-state index contributed by atoms with van der Waals surface area (Å²) in [7, 11) is 0. The van der Waals surface area contributed by atoms with Crippen molar-refractivity contribution < 1.29 is 13.6 Å². The van der Waals surface area contributed by atoms with Crippen LogP contribution in [0, 0.1) is 11.6 Å². The van der Waals surface area contributed by atoms with E-state index in [1.807, 2.05) is 6.92 Å². The summed E-state index contributed by atoms with van der Waals surface area (Å²) >= 11 is 0. The molecule has 0 spiro atoms. The van der Waals surface area contributed by atoms with Crippen molar-refractivity contribution >= 4 is 17.2 Å². The second-order valence-electron chi connectivity index (χ2n) is 4.41. The molecule has 2 aromatic carbocycles. The Morgan fingerprint density at radius 2 is 1.80 bits per heavy atom. The topological polar surface area (TPSA) is 20.3 Å². The zero-order chi connectivity index (χ0) is 14.7. The summed E-state index contributed by atoms with van der Waals surface area (Å²) in [6.07, 6.45) is 0. The van der Waals surface area contributed by atoms with E-state index in [-0.39, 0.29) is 17.2 Å². The van der Waals surface area contributed by atoms with Gasteiger partial charge in [0.25, 0.3) is 0 Å². The Balaban J connectivity index is 2.58. The third kappa shape index (κ3) is 2.69. The third-order valence-electron chi connectivity index (χ3n) is 3.09. The number of Topliss-reactive ketones (excluding diaryl/α,β-unsaturated/α-hetero) is 1. The van der Waals surface area contributed by atoms with Crippen LogP contribution in [0.4, 0.5) is 20.2 Å². The van der Waals surface area contributed by atoms with Crippen molar-refractivity contribution in [2.45, 2.75) is 13.8 Å².